The lowest BCUT2D eigenvalue weighted by Gasteiger charge is -2.09. The van der Waals surface area contributed by atoms with Crippen LogP contribution in [-0.2, 0) is 6.42 Å². The van der Waals surface area contributed by atoms with Crippen LogP contribution in [0.5, 0.6) is 0 Å². The summed E-state index contributed by atoms with van der Waals surface area (Å²) in [4.78, 5) is 17.0. The van der Waals surface area contributed by atoms with Crippen LogP contribution >= 0.6 is 0 Å². The molecule has 1 aromatic rings. The highest BCUT2D eigenvalue weighted by Crippen LogP contribution is 2.02. The van der Waals surface area contributed by atoms with Gasteiger partial charge in [0.1, 0.15) is 5.69 Å². The quantitative estimate of drug-likeness (QED) is 0.684. The minimum absolute atomic E-state index is 0.0531. The van der Waals surface area contributed by atoms with E-state index in [0.29, 0.717) is 5.69 Å². The molecule has 13 heavy (non-hydrogen) atoms. The fraction of sp³-hybridized carbons (Fsp3) is 0.400. The van der Waals surface area contributed by atoms with Gasteiger partial charge in [0, 0.05) is 20.3 Å². The van der Waals surface area contributed by atoms with Crippen molar-refractivity contribution in [3.8, 4) is 0 Å². The maximum atomic E-state index is 11.4. The van der Waals surface area contributed by atoms with Gasteiger partial charge in [0.05, 0.1) is 0 Å². The minimum atomic E-state index is -0.0531. The molecule has 0 aromatic carbocycles. The van der Waals surface area contributed by atoms with Crippen molar-refractivity contribution in [3.63, 3.8) is 0 Å². The number of aryl methyl sites for hydroxylation is 1. The van der Waals surface area contributed by atoms with Crippen molar-refractivity contribution in [3.05, 3.63) is 29.6 Å². The van der Waals surface area contributed by atoms with Gasteiger partial charge in [-0.05, 0) is 18.1 Å². The molecule has 0 aliphatic carbocycles. The average molecular weight is 178 g/mol. The van der Waals surface area contributed by atoms with Gasteiger partial charge in [0.15, 0.2) is 0 Å². The topological polar surface area (TPSA) is 33.2 Å². The van der Waals surface area contributed by atoms with Crippen molar-refractivity contribution in [2.45, 2.75) is 13.3 Å². The Kier molecular flexibility index (Phi) is 3.01. The van der Waals surface area contributed by atoms with E-state index < -0.39 is 0 Å². The summed E-state index contributed by atoms with van der Waals surface area (Å²) < 4.78 is 0. The molecule has 1 heterocycles. The Labute approximate surface area is 78.4 Å². The first kappa shape index (κ1) is 9.71. The molecule has 0 N–H and O–H groups in total. The van der Waals surface area contributed by atoms with Gasteiger partial charge in [-0.1, -0.05) is 13.0 Å². The predicted molar refractivity (Wildman–Crippen MR) is 51.6 cm³/mol. The molecule has 70 valence electrons. The molecule has 0 atom stereocenters. The first-order valence-corrected chi connectivity index (χ1v) is 4.31. The normalized spacial score (nSPS) is 9.77. The van der Waals surface area contributed by atoms with Crippen LogP contribution in [0.1, 0.15) is 23.0 Å². The number of amides is 1. The van der Waals surface area contributed by atoms with Crippen LogP contribution in [0.15, 0.2) is 18.3 Å². The molecule has 3 heteroatoms. The maximum absolute atomic E-state index is 11.4. The van der Waals surface area contributed by atoms with Crippen LogP contribution in [0.2, 0.25) is 0 Å². The zero-order valence-electron chi connectivity index (χ0n) is 8.24. The third-order valence-electron chi connectivity index (χ3n) is 1.86. The summed E-state index contributed by atoms with van der Waals surface area (Å²) in [7, 11) is 3.44. The summed E-state index contributed by atoms with van der Waals surface area (Å²) in [5.41, 5.74) is 1.65. The summed E-state index contributed by atoms with van der Waals surface area (Å²) >= 11 is 0. The lowest BCUT2D eigenvalue weighted by Crippen LogP contribution is -2.22. The molecule has 1 aromatic heterocycles. The second kappa shape index (κ2) is 4.03. The third kappa shape index (κ3) is 2.28. The minimum Gasteiger partial charge on any atom is -0.343 e. The number of nitrogens with zero attached hydrogens (tertiary/aromatic N) is 2. The molecule has 0 radical (unpaired) electrons. The van der Waals surface area contributed by atoms with Crippen LogP contribution in [0.25, 0.3) is 0 Å². The second-order valence-corrected chi connectivity index (χ2v) is 3.10. The van der Waals surface area contributed by atoms with Gasteiger partial charge in [0.2, 0.25) is 0 Å². The van der Waals surface area contributed by atoms with Gasteiger partial charge in [-0.25, -0.2) is 0 Å². The molecule has 0 spiro atoms. The lowest BCUT2D eigenvalue weighted by atomic mass is 10.2. The summed E-state index contributed by atoms with van der Waals surface area (Å²) in [5.74, 6) is -0.0531. The smallest absolute Gasteiger partial charge is 0.271 e. The summed E-state index contributed by atoms with van der Waals surface area (Å²) in [6.07, 6.45) is 2.69. The lowest BCUT2D eigenvalue weighted by molar-refractivity contribution is 0.0822. The van der Waals surface area contributed by atoms with Crippen LogP contribution in [0.4, 0.5) is 0 Å². The largest absolute Gasteiger partial charge is 0.343 e. The van der Waals surface area contributed by atoms with Gasteiger partial charge >= 0.3 is 0 Å². The molecule has 1 amide bonds. The number of rotatable bonds is 2. The predicted octanol–water partition coefficient (Wildman–Crippen LogP) is 1.35. The molecule has 0 saturated heterocycles. The SMILES string of the molecule is CCc1ccc(C(=O)N(C)C)nc1. The Morgan fingerprint density at radius 2 is 2.15 bits per heavy atom. The average Bonchev–Trinajstić information content (AvgIpc) is 2.17. The van der Waals surface area contributed by atoms with Crippen LogP contribution in [-0.4, -0.2) is 29.9 Å². The second-order valence-electron chi connectivity index (χ2n) is 3.10. The molecule has 0 bridgehead atoms. The Bertz CT molecular complexity index is 290. The highest BCUT2D eigenvalue weighted by Gasteiger charge is 2.07. The molecule has 0 aliphatic heterocycles. The highest BCUT2D eigenvalue weighted by molar-refractivity contribution is 5.91. The first-order valence-electron chi connectivity index (χ1n) is 4.31. The number of hydrogen-bond donors (Lipinski definition) is 0. The summed E-state index contributed by atoms with van der Waals surface area (Å²) in [5, 5.41) is 0. The van der Waals surface area contributed by atoms with Crippen molar-refractivity contribution in [1.82, 2.24) is 9.88 Å². The fourth-order valence-electron chi connectivity index (χ4n) is 0.989. The Hall–Kier alpha value is -1.38. The van der Waals surface area contributed by atoms with E-state index in [4.69, 9.17) is 0 Å². The molecule has 0 aliphatic rings. The van der Waals surface area contributed by atoms with E-state index in [-0.39, 0.29) is 5.91 Å². The molecule has 0 saturated carbocycles. The van der Waals surface area contributed by atoms with Crippen LogP contribution in [0.3, 0.4) is 0 Å². The van der Waals surface area contributed by atoms with Crippen molar-refractivity contribution < 1.29 is 4.79 Å². The van der Waals surface area contributed by atoms with Crippen molar-refractivity contribution >= 4 is 5.91 Å². The maximum Gasteiger partial charge on any atom is 0.271 e. The molecule has 1 rings (SSSR count). The van der Waals surface area contributed by atoms with E-state index in [1.807, 2.05) is 6.07 Å². The van der Waals surface area contributed by atoms with Crippen molar-refractivity contribution in [2.75, 3.05) is 14.1 Å². The van der Waals surface area contributed by atoms with E-state index in [1.165, 1.54) is 4.90 Å². The van der Waals surface area contributed by atoms with E-state index >= 15 is 0 Å². The number of aromatic nitrogens is 1. The fourth-order valence-corrected chi connectivity index (χ4v) is 0.989. The van der Waals surface area contributed by atoms with Crippen LogP contribution < -0.4 is 0 Å². The van der Waals surface area contributed by atoms with Gasteiger partial charge in [0.25, 0.3) is 5.91 Å². The summed E-state index contributed by atoms with van der Waals surface area (Å²) in [6.45, 7) is 2.06. The van der Waals surface area contributed by atoms with Crippen LogP contribution in [0, 0.1) is 0 Å². The monoisotopic (exact) mass is 178 g/mol. The molecular formula is C10H14N2O. The number of pyridine rings is 1. The summed E-state index contributed by atoms with van der Waals surface area (Å²) in [6, 6.07) is 3.70. The van der Waals surface area contributed by atoms with E-state index in [0.717, 1.165) is 12.0 Å². The van der Waals surface area contributed by atoms with Crippen molar-refractivity contribution in [1.29, 1.82) is 0 Å². The molecule has 3 nitrogen and oxygen atoms in total. The van der Waals surface area contributed by atoms with Gasteiger partial charge in [-0.3, -0.25) is 9.78 Å². The van der Waals surface area contributed by atoms with Gasteiger partial charge in [-0.15, -0.1) is 0 Å². The standard InChI is InChI=1S/C10H14N2O/c1-4-8-5-6-9(11-7-8)10(13)12(2)3/h5-7H,4H2,1-3H3. The van der Waals surface area contributed by atoms with Crippen molar-refractivity contribution in [2.24, 2.45) is 0 Å². The van der Waals surface area contributed by atoms with Gasteiger partial charge < -0.3 is 4.90 Å². The zero-order chi connectivity index (χ0) is 9.84. The number of carbonyl (C=O) groups is 1. The number of hydrogen-bond acceptors (Lipinski definition) is 2. The molecule has 0 fully saturated rings. The highest BCUT2D eigenvalue weighted by atomic mass is 16.2. The zero-order valence-corrected chi connectivity index (χ0v) is 8.24. The Morgan fingerprint density at radius 1 is 1.46 bits per heavy atom. The van der Waals surface area contributed by atoms with Gasteiger partial charge in [-0.2, -0.15) is 0 Å². The van der Waals surface area contributed by atoms with E-state index in [9.17, 15) is 4.79 Å². The third-order valence-corrected chi connectivity index (χ3v) is 1.86. The Morgan fingerprint density at radius 3 is 2.54 bits per heavy atom. The molecular weight excluding hydrogens is 164 g/mol. The first-order chi connectivity index (χ1) is 6.15. The Balaban J connectivity index is 2.86. The molecule has 0 unspecified atom stereocenters. The van der Waals surface area contributed by atoms with E-state index in [1.54, 1.807) is 26.4 Å². The number of carbonyl (C=O) groups excluding carboxylic acids is 1. The van der Waals surface area contributed by atoms with E-state index in [2.05, 4.69) is 11.9 Å².